The normalized spacial score (nSPS) is 10.9. The summed E-state index contributed by atoms with van der Waals surface area (Å²) in [5, 5.41) is 8.39. The van der Waals surface area contributed by atoms with E-state index in [1.807, 2.05) is 13.0 Å². The third kappa shape index (κ3) is 10.9. The van der Waals surface area contributed by atoms with Crippen LogP contribution in [0.1, 0.15) is 46.5 Å². The summed E-state index contributed by atoms with van der Waals surface area (Å²) in [6.07, 6.45) is 5.70. The van der Waals surface area contributed by atoms with E-state index in [4.69, 9.17) is 9.84 Å². The van der Waals surface area contributed by atoms with Crippen molar-refractivity contribution in [3.05, 3.63) is 23.3 Å². The molecule has 1 N–H and O–H groups in total. The van der Waals surface area contributed by atoms with E-state index in [-0.39, 0.29) is 19.4 Å². The minimum absolute atomic E-state index is 0.0695. The fourth-order valence-electron chi connectivity index (χ4n) is 1.25. The molecule has 18 heavy (non-hydrogen) atoms. The van der Waals surface area contributed by atoms with Crippen LogP contribution in [0.2, 0.25) is 0 Å². The van der Waals surface area contributed by atoms with E-state index < -0.39 is 11.9 Å². The SMILES string of the molecule is CC(C)=CCC/C(C)=C/COC(=O)CCC(=O)O. The lowest BCUT2D eigenvalue weighted by Crippen LogP contribution is -2.07. The number of ether oxygens (including phenoxy) is 1. The molecule has 0 aromatic carbocycles. The Labute approximate surface area is 108 Å². The molecule has 0 heterocycles. The quantitative estimate of drug-likeness (QED) is 0.534. The topological polar surface area (TPSA) is 63.6 Å². The molecular weight excluding hydrogens is 232 g/mol. The molecular formula is C14H22O4. The van der Waals surface area contributed by atoms with E-state index in [1.54, 1.807) is 0 Å². The summed E-state index contributed by atoms with van der Waals surface area (Å²) < 4.78 is 4.90. The summed E-state index contributed by atoms with van der Waals surface area (Å²) in [6.45, 7) is 6.33. The highest BCUT2D eigenvalue weighted by Crippen LogP contribution is 2.06. The first-order valence-electron chi connectivity index (χ1n) is 6.08. The minimum Gasteiger partial charge on any atom is -0.481 e. The monoisotopic (exact) mass is 254 g/mol. The fraction of sp³-hybridized carbons (Fsp3) is 0.571. The number of aliphatic carboxylic acids is 1. The molecule has 0 amide bonds. The van der Waals surface area contributed by atoms with Gasteiger partial charge in [-0.2, -0.15) is 0 Å². The van der Waals surface area contributed by atoms with E-state index in [2.05, 4.69) is 19.9 Å². The first kappa shape index (κ1) is 16.4. The van der Waals surface area contributed by atoms with Gasteiger partial charge in [-0.25, -0.2) is 0 Å². The van der Waals surface area contributed by atoms with Gasteiger partial charge >= 0.3 is 11.9 Å². The Hall–Kier alpha value is -1.58. The van der Waals surface area contributed by atoms with Crippen LogP contribution < -0.4 is 0 Å². The summed E-state index contributed by atoms with van der Waals surface area (Å²) >= 11 is 0. The van der Waals surface area contributed by atoms with Gasteiger partial charge in [0.25, 0.3) is 0 Å². The van der Waals surface area contributed by atoms with E-state index in [9.17, 15) is 9.59 Å². The first-order valence-corrected chi connectivity index (χ1v) is 6.08. The molecule has 0 aliphatic heterocycles. The average Bonchev–Trinajstić information content (AvgIpc) is 2.25. The largest absolute Gasteiger partial charge is 0.481 e. The van der Waals surface area contributed by atoms with Crippen molar-refractivity contribution in [1.82, 2.24) is 0 Å². The van der Waals surface area contributed by atoms with Gasteiger partial charge in [-0.15, -0.1) is 0 Å². The Morgan fingerprint density at radius 1 is 1.06 bits per heavy atom. The maximum atomic E-state index is 11.1. The highest BCUT2D eigenvalue weighted by molar-refractivity contribution is 5.76. The van der Waals surface area contributed by atoms with Gasteiger partial charge in [0.1, 0.15) is 6.61 Å². The van der Waals surface area contributed by atoms with Crippen molar-refractivity contribution in [3.63, 3.8) is 0 Å². The highest BCUT2D eigenvalue weighted by Gasteiger charge is 2.05. The molecule has 0 rings (SSSR count). The van der Waals surface area contributed by atoms with E-state index >= 15 is 0 Å². The van der Waals surface area contributed by atoms with Gasteiger partial charge in [0.2, 0.25) is 0 Å². The van der Waals surface area contributed by atoms with Crippen LogP contribution in [0, 0.1) is 0 Å². The number of hydrogen-bond acceptors (Lipinski definition) is 3. The summed E-state index contributed by atoms with van der Waals surface area (Å²) in [6, 6.07) is 0. The average molecular weight is 254 g/mol. The molecule has 0 spiro atoms. The Morgan fingerprint density at radius 3 is 2.28 bits per heavy atom. The van der Waals surface area contributed by atoms with Gasteiger partial charge in [-0.1, -0.05) is 17.2 Å². The Morgan fingerprint density at radius 2 is 1.72 bits per heavy atom. The van der Waals surface area contributed by atoms with Crippen molar-refractivity contribution in [2.24, 2.45) is 0 Å². The zero-order valence-corrected chi connectivity index (χ0v) is 11.4. The van der Waals surface area contributed by atoms with Gasteiger partial charge in [-0.05, 0) is 39.7 Å². The third-order valence-corrected chi connectivity index (χ3v) is 2.31. The van der Waals surface area contributed by atoms with Crippen LogP contribution in [0.5, 0.6) is 0 Å². The van der Waals surface area contributed by atoms with Crippen molar-refractivity contribution >= 4 is 11.9 Å². The number of carbonyl (C=O) groups excluding carboxylic acids is 1. The van der Waals surface area contributed by atoms with Crippen LogP contribution >= 0.6 is 0 Å². The standard InChI is InChI=1S/C14H22O4/c1-11(2)5-4-6-12(3)9-10-18-14(17)8-7-13(15)16/h5,9H,4,6-8,10H2,1-3H3,(H,15,16)/b12-9+. The fourth-order valence-corrected chi connectivity index (χ4v) is 1.25. The predicted octanol–water partition coefficient (Wildman–Crippen LogP) is 3.09. The smallest absolute Gasteiger partial charge is 0.306 e. The molecule has 0 aliphatic rings. The number of carbonyl (C=O) groups is 2. The Kier molecular flexibility index (Phi) is 8.62. The van der Waals surface area contributed by atoms with Crippen molar-refractivity contribution in [2.45, 2.75) is 46.5 Å². The van der Waals surface area contributed by atoms with Gasteiger partial charge in [-0.3, -0.25) is 9.59 Å². The maximum Gasteiger partial charge on any atom is 0.306 e. The molecule has 0 bridgehead atoms. The zero-order chi connectivity index (χ0) is 14.0. The van der Waals surface area contributed by atoms with Gasteiger partial charge in [0.15, 0.2) is 0 Å². The van der Waals surface area contributed by atoms with Crippen LogP contribution in [-0.4, -0.2) is 23.7 Å². The van der Waals surface area contributed by atoms with Crippen LogP contribution in [0.15, 0.2) is 23.3 Å². The first-order chi connectivity index (χ1) is 8.41. The van der Waals surface area contributed by atoms with Crippen molar-refractivity contribution < 1.29 is 19.4 Å². The minimum atomic E-state index is -0.986. The highest BCUT2D eigenvalue weighted by atomic mass is 16.5. The third-order valence-electron chi connectivity index (χ3n) is 2.31. The molecule has 0 aromatic heterocycles. The number of rotatable bonds is 8. The van der Waals surface area contributed by atoms with Crippen molar-refractivity contribution in [3.8, 4) is 0 Å². The van der Waals surface area contributed by atoms with Crippen LogP contribution in [-0.2, 0) is 14.3 Å². The molecule has 0 radical (unpaired) electrons. The molecule has 0 atom stereocenters. The summed E-state index contributed by atoms with van der Waals surface area (Å²) in [5.74, 6) is -1.45. The maximum absolute atomic E-state index is 11.1. The molecule has 0 saturated heterocycles. The molecule has 0 aliphatic carbocycles. The number of esters is 1. The molecule has 102 valence electrons. The van der Waals surface area contributed by atoms with Crippen molar-refractivity contribution in [2.75, 3.05) is 6.61 Å². The summed E-state index contributed by atoms with van der Waals surface area (Å²) in [7, 11) is 0. The molecule has 0 saturated carbocycles. The van der Waals surface area contributed by atoms with Crippen molar-refractivity contribution in [1.29, 1.82) is 0 Å². The van der Waals surface area contributed by atoms with Gasteiger partial charge in [0, 0.05) is 0 Å². The number of carboxylic acids is 1. The predicted molar refractivity (Wildman–Crippen MR) is 70.3 cm³/mol. The molecule has 4 nitrogen and oxygen atoms in total. The lowest BCUT2D eigenvalue weighted by atomic mass is 10.1. The lowest BCUT2D eigenvalue weighted by Gasteiger charge is -2.02. The molecule has 0 unspecified atom stereocenters. The number of allylic oxidation sites excluding steroid dienone is 3. The number of hydrogen-bond donors (Lipinski definition) is 1. The number of carboxylic acid groups (broad SMARTS) is 1. The Bertz CT molecular complexity index is 336. The van der Waals surface area contributed by atoms with E-state index in [0.717, 1.165) is 12.8 Å². The lowest BCUT2D eigenvalue weighted by molar-refractivity contribution is -0.146. The molecule has 0 fully saturated rings. The zero-order valence-electron chi connectivity index (χ0n) is 11.4. The molecule has 0 aromatic rings. The summed E-state index contributed by atoms with van der Waals surface area (Å²) in [4.78, 5) is 21.3. The van der Waals surface area contributed by atoms with E-state index in [0.29, 0.717) is 0 Å². The Balaban J connectivity index is 3.76. The van der Waals surface area contributed by atoms with Crippen LogP contribution in [0.25, 0.3) is 0 Å². The van der Waals surface area contributed by atoms with Crippen LogP contribution in [0.4, 0.5) is 0 Å². The van der Waals surface area contributed by atoms with E-state index in [1.165, 1.54) is 11.1 Å². The second-order valence-corrected chi connectivity index (χ2v) is 4.45. The van der Waals surface area contributed by atoms with Gasteiger partial charge in [0.05, 0.1) is 12.8 Å². The second-order valence-electron chi connectivity index (χ2n) is 4.45. The van der Waals surface area contributed by atoms with Gasteiger partial charge < -0.3 is 9.84 Å². The second kappa shape index (κ2) is 9.45. The van der Waals surface area contributed by atoms with Crippen LogP contribution in [0.3, 0.4) is 0 Å². The molecule has 4 heteroatoms. The summed E-state index contributed by atoms with van der Waals surface area (Å²) in [5.41, 5.74) is 2.46.